The van der Waals surface area contributed by atoms with Crippen LogP contribution in [0.4, 0.5) is 5.69 Å². The highest BCUT2D eigenvalue weighted by Gasteiger charge is 2.18. The number of piperazine rings is 1. The number of likely N-dealkylation sites (N-methyl/N-ethyl adjacent to an activating group) is 1. The zero-order valence-electron chi connectivity index (χ0n) is 10.9. The molecule has 3 rings (SSSR count). The highest BCUT2D eigenvalue weighted by Crippen LogP contribution is 2.34. The Morgan fingerprint density at radius 1 is 1.16 bits per heavy atom. The predicted octanol–water partition coefficient (Wildman–Crippen LogP) is 3.15. The van der Waals surface area contributed by atoms with Gasteiger partial charge in [-0.15, -0.1) is 0 Å². The lowest BCUT2D eigenvalue weighted by Crippen LogP contribution is -2.44. The fraction of sp³-hybridized carbons (Fsp3) is 0.333. The molecule has 0 unspecified atom stereocenters. The fourth-order valence-electron chi connectivity index (χ4n) is 2.41. The van der Waals surface area contributed by atoms with Gasteiger partial charge < -0.3 is 14.2 Å². The van der Waals surface area contributed by atoms with Crippen molar-refractivity contribution in [2.75, 3.05) is 38.1 Å². The van der Waals surface area contributed by atoms with Crippen LogP contribution in [0.25, 0.3) is 11.3 Å². The molecule has 1 aromatic heterocycles. The SMILES string of the molecule is CN1CCN(c2ccc(Cl)cc2-c2cc[c]o2)CC1. The van der Waals surface area contributed by atoms with Gasteiger partial charge in [0.05, 0.1) is 0 Å². The fourth-order valence-corrected chi connectivity index (χ4v) is 2.59. The molecule has 1 aliphatic rings. The molecule has 1 aromatic carbocycles. The predicted molar refractivity (Wildman–Crippen MR) is 77.7 cm³/mol. The van der Waals surface area contributed by atoms with Crippen LogP contribution in [0.1, 0.15) is 0 Å². The average molecular weight is 276 g/mol. The molecular formula is C15H16ClN2O. The standard InChI is InChI=1S/C15H16ClN2O/c1-17-6-8-18(9-7-17)14-5-4-12(16)11-13(14)15-3-2-10-19-15/h2-5,11H,6-9H2,1H3. The summed E-state index contributed by atoms with van der Waals surface area (Å²) in [6, 6.07) is 9.67. The molecule has 2 aromatic rings. The zero-order valence-corrected chi connectivity index (χ0v) is 11.7. The lowest BCUT2D eigenvalue weighted by atomic mass is 10.1. The second-order valence-corrected chi connectivity index (χ2v) is 5.31. The van der Waals surface area contributed by atoms with Crippen molar-refractivity contribution < 1.29 is 4.42 Å². The molecule has 1 aliphatic heterocycles. The molecule has 0 atom stereocenters. The highest BCUT2D eigenvalue weighted by atomic mass is 35.5. The number of halogens is 1. The molecule has 99 valence electrons. The molecule has 4 heteroatoms. The molecule has 0 bridgehead atoms. The molecule has 0 aliphatic carbocycles. The Labute approximate surface area is 118 Å². The van der Waals surface area contributed by atoms with Crippen LogP contribution < -0.4 is 4.90 Å². The summed E-state index contributed by atoms with van der Waals surface area (Å²) < 4.78 is 5.41. The van der Waals surface area contributed by atoms with E-state index in [1.54, 1.807) is 6.07 Å². The first kappa shape index (κ1) is 12.6. The van der Waals surface area contributed by atoms with E-state index in [2.05, 4.69) is 29.2 Å². The summed E-state index contributed by atoms with van der Waals surface area (Å²) >= 11 is 6.12. The lowest BCUT2D eigenvalue weighted by Gasteiger charge is -2.35. The third-order valence-corrected chi connectivity index (χ3v) is 3.77. The number of furan rings is 1. The van der Waals surface area contributed by atoms with Gasteiger partial charge in [0.2, 0.25) is 0 Å². The smallest absolute Gasteiger partial charge is 0.170 e. The van der Waals surface area contributed by atoms with Crippen molar-refractivity contribution in [3.05, 3.63) is 41.6 Å². The maximum atomic E-state index is 6.12. The minimum Gasteiger partial charge on any atom is -0.453 e. The van der Waals surface area contributed by atoms with Gasteiger partial charge >= 0.3 is 0 Å². The first-order chi connectivity index (χ1) is 9.24. The molecule has 3 nitrogen and oxygen atoms in total. The first-order valence-corrected chi connectivity index (χ1v) is 6.81. The van der Waals surface area contributed by atoms with Crippen molar-refractivity contribution in [3.8, 4) is 11.3 Å². The Bertz CT molecular complexity index is 545. The van der Waals surface area contributed by atoms with E-state index in [1.165, 1.54) is 5.69 Å². The highest BCUT2D eigenvalue weighted by molar-refractivity contribution is 6.31. The Morgan fingerprint density at radius 2 is 1.95 bits per heavy atom. The topological polar surface area (TPSA) is 19.6 Å². The van der Waals surface area contributed by atoms with Gasteiger partial charge in [0.1, 0.15) is 5.76 Å². The number of hydrogen-bond donors (Lipinski definition) is 0. The number of benzene rings is 1. The lowest BCUT2D eigenvalue weighted by molar-refractivity contribution is 0.313. The summed E-state index contributed by atoms with van der Waals surface area (Å²) in [6.07, 6.45) is 2.74. The van der Waals surface area contributed by atoms with Crippen LogP contribution in [0.2, 0.25) is 5.02 Å². The summed E-state index contributed by atoms with van der Waals surface area (Å²) in [5.41, 5.74) is 2.22. The van der Waals surface area contributed by atoms with Gasteiger partial charge in [-0.2, -0.15) is 0 Å². The minimum atomic E-state index is 0.726. The zero-order chi connectivity index (χ0) is 13.2. The second kappa shape index (κ2) is 5.27. The molecule has 0 saturated carbocycles. The Balaban J connectivity index is 1.97. The summed E-state index contributed by atoms with van der Waals surface area (Å²) in [6.45, 7) is 4.20. The van der Waals surface area contributed by atoms with Crippen molar-refractivity contribution in [2.24, 2.45) is 0 Å². The Kier molecular flexibility index (Phi) is 3.49. The van der Waals surface area contributed by atoms with Crippen LogP contribution in [0.15, 0.2) is 34.7 Å². The van der Waals surface area contributed by atoms with E-state index >= 15 is 0 Å². The van der Waals surface area contributed by atoms with E-state index in [9.17, 15) is 0 Å². The van der Waals surface area contributed by atoms with Crippen LogP contribution in [0.3, 0.4) is 0 Å². The van der Waals surface area contributed by atoms with Crippen molar-refractivity contribution in [1.29, 1.82) is 0 Å². The van der Waals surface area contributed by atoms with Gasteiger partial charge in [0.25, 0.3) is 0 Å². The third-order valence-electron chi connectivity index (χ3n) is 3.54. The molecule has 0 spiro atoms. The third kappa shape index (κ3) is 2.62. The van der Waals surface area contributed by atoms with Gasteiger partial charge in [-0.1, -0.05) is 11.6 Å². The summed E-state index contributed by atoms with van der Waals surface area (Å²) in [7, 11) is 2.15. The van der Waals surface area contributed by atoms with E-state index in [1.807, 2.05) is 18.2 Å². The van der Waals surface area contributed by atoms with Crippen LogP contribution in [-0.4, -0.2) is 38.1 Å². The van der Waals surface area contributed by atoms with Gasteiger partial charge in [-0.05, 0) is 37.4 Å². The van der Waals surface area contributed by atoms with Crippen molar-refractivity contribution in [1.82, 2.24) is 4.90 Å². The van der Waals surface area contributed by atoms with Crippen LogP contribution >= 0.6 is 11.6 Å². The van der Waals surface area contributed by atoms with Gasteiger partial charge in [-0.3, -0.25) is 0 Å². The van der Waals surface area contributed by atoms with Gasteiger partial charge in [0.15, 0.2) is 6.26 Å². The maximum absolute atomic E-state index is 6.12. The molecular weight excluding hydrogens is 260 g/mol. The average Bonchev–Trinajstić information content (AvgIpc) is 2.94. The molecule has 19 heavy (non-hydrogen) atoms. The van der Waals surface area contributed by atoms with Crippen LogP contribution in [0, 0.1) is 6.26 Å². The van der Waals surface area contributed by atoms with Crippen LogP contribution in [0.5, 0.6) is 0 Å². The number of anilines is 1. The summed E-state index contributed by atoms with van der Waals surface area (Å²) in [5, 5.41) is 0.726. The normalized spacial score (nSPS) is 16.8. The van der Waals surface area contributed by atoms with Crippen LogP contribution in [-0.2, 0) is 0 Å². The molecule has 0 N–H and O–H groups in total. The summed E-state index contributed by atoms with van der Waals surface area (Å²) in [5.74, 6) is 0.816. The number of hydrogen-bond acceptors (Lipinski definition) is 3. The van der Waals surface area contributed by atoms with Crippen molar-refractivity contribution >= 4 is 17.3 Å². The molecule has 1 saturated heterocycles. The van der Waals surface area contributed by atoms with Crippen molar-refractivity contribution in [2.45, 2.75) is 0 Å². The monoisotopic (exact) mass is 275 g/mol. The molecule has 0 amide bonds. The van der Waals surface area contributed by atoms with E-state index in [0.29, 0.717) is 0 Å². The summed E-state index contributed by atoms with van der Waals surface area (Å²) in [4.78, 5) is 4.72. The van der Waals surface area contributed by atoms with Gasteiger partial charge in [-0.25, -0.2) is 0 Å². The molecule has 2 heterocycles. The Morgan fingerprint density at radius 3 is 2.63 bits per heavy atom. The van der Waals surface area contributed by atoms with E-state index < -0.39 is 0 Å². The first-order valence-electron chi connectivity index (χ1n) is 6.43. The maximum Gasteiger partial charge on any atom is 0.170 e. The second-order valence-electron chi connectivity index (χ2n) is 4.87. The van der Waals surface area contributed by atoms with E-state index in [-0.39, 0.29) is 0 Å². The number of rotatable bonds is 2. The van der Waals surface area contributed by atoms with E-state index in [4.69, 9.17) is 16.0 Å². The minimum absolute atomic E-state index is 0.726. The van der Waals surface area contributed by atoms with E-state index in [0.717, 1.165) is 42.5 Å². The Hall–Kier alpha value is -1.45. The quantitative estimate of drug-likeness (QED) is 0.839. The number of nitrogens with zero attached hydrogens (tertiary/aromatic N) is 2. The van der Waals surface area contributed by atoms with Crippen molar-refractivity contribution in [3.63, 3.8) is 0 Å². The van der Waals surface area contributed by atoms with Gasteiger partial charge in [0, 0.05) is 42.5 Å². The largest absolute Gasteiger partial charge is 0.453 e. The molecule has 1 radical (unpaired) electrons. The molecule has 1 fully saturated rings.